The predicted octanol–water partition coefficient (Wildman–Crippen LogP) is 2.00. The number of carbonyl (C=O) groups is 1. The molecule has 100 valence electrons. The van der Waals surface area contributed by atoms with Gasteiger partial charge in [-0.3, -0.25) is 0 Å². The number of anilines is 1. The summed E-state index contributed by atoms with van der Waals surface area (Å²) in [4.78, 5) is 15.4. The molecule has 0 spiro atoms. The largest absolute Gasteiger partial charge is 0.461 e. The highest BCUT2D eigenvalue weighted by Gasteiger charge is 2.15. The van der Waals surface area contributed by atoms with Gasteiger partial charge in [-0.25, -0.2) is 14.2 Å². The number of nitrogens with one attached hydrogen (secondary N) is 1. The Kier molecular flexibility index (Phi) is 4.07. The first-order valence-corrected chi connectivity index (χ1v) is 5.66. The Hall–Kier alpha value is -2.44. The van der Waals surface area contributed by atoms with E-state index in [4.69, 9.17) is 4.74 Å². The number of halogens is 1. The fourth-order valence-electron chi connectivity index (χ4n) is 1.45. The number of aromatic nitrogens is 2. The third-order valence-corrected chi connectivity index (χ3v) is 2.27. The molecule has 0 radical (unpaired) electrons. The average Bonchev–Trinajstić information content (AvgIpc) is 2.89. The number of esters is 1. The number of rotatable bonds is 5. The minimum Gasteiger partial charge on any atom is -0.461 e. The van der Waals surface area contributed by atoms with Gasteiger partial charge in [-0.15, -0.1) is 0 Å². The molecule has 0 saturated carbocycles. The molecule has 0 saturated heterocycles. The minimum atomic E-state index is -0.606. The van der Waals surface area contributed by atoms with Gasteiger partial charge in [0, 0.05) is 12.1 Å². The second-order valence-corrected chi connectivity index (χ2v) is 3.61. The zero-order valence-electron chi connectivity index (χ0n) is 10.2. The molecule has 2 aromatic heterocycles. The summed E-state index contributed by atoms with van der Waals surface area (Å²) < 4.78 is 22.7. The van der Waals surface area contributed by atoms with E-state index in [-0.39, 0.29) is 24.5 Å². The van der Waals surface area contributed by atoms with Crippen LogP contribution >= 0.6 is 0 Å². The molecule has 0 amide bonds. The van der Waals surface area contributed by atoms with Gasteiger partial charge < -0.3 is 14.6 Å². The van der Waals surface area contributed by atoms with Gasteiger partial charge in [-0.2, -0.15) is 0 Å². The minimum absolute atomic E-state index is 0.0340. The van der Waals surface area contributed by atoms with Crippen molar-refractivity contribution in [3.05, 3.63) is 41.8 Å². The monoisotopic (exact) mass is 265 g/mol. The first-order chi connectivity index (χ1) is 9.20. The normalized spacial score (nSPS) is 10.2. The van der Waals surface area contributed by atoms with Crippen LogP contribution < -0.4 is 5.32 Å². The number of carbonyl (C=O) groups excluding carboxylic acids is 1. The van der Waals surface area contributed by atoms with Crippen molar-refractivity contribution in [3.63, 3.8) is 0 Å². The lowest BCUT2D eigenvalue weighted by Gasteiger charge is -2.09. The van der Waals surface area contributed by atoms with Crippen molar-refractivity contribution in [1.29, 1.82) is 0 Å². The van der Waals surface area contributed by atoms with E-state index in [2.05, 4.69) is 20.0 Å². The molecule has 0 fully saturated rings. The standard InChI is InChI=1S/C12H12FN3O3/c1-2-18-12(17)11-10(5-8(13)6-15-11)14-7-9-3-4-19-16-9/h3-6,14H,2,7H2,1H3. The molecule has 1 N–H and O–H groups in total. The van der Waals surface area contributed by atoms with Crippen molar-refractivity contribution < 1.29 is 18.4 Å². The van der Waals surface area contributed by atoms with Gasteiger partial charge in [0.05, 0.1) is 25.0 Å². The Morgan fingerprint density at radius 3 is 3.11 bits per heavy atom. The van der Waals surface area contributed by atoms with Gasteiger partial charge in [0.1, 0.15) is 17.8 Å². The average molecular weight is 265 g/mol. The highest BCUT2D eigenvalue weighted by atomic mass is 19.1. The molecule has 0 aliphatic rings. The van der Waals surface area contributed by atoms with Gasteiger partial charge in [-0.1, -0.05) is 5.16 Å². The SMILES string of the molecule is CCOC(=O)c1ncc(F)cc1NCc1ccon1. The summed E-state index contributed by atoms with van der Waals surface area (Å²) in [5.41, 5.74) is 0.910. The van der Waals surface area contributed by atoms with Crippen molar-refractivity contribution in [1.82, 2.24) is 10.1 Å². The van der Waals surface area contributed by atoms with Crippen LogP contribution in [-0.4, -0.2) is 22.7 Å². The topological polar surface area (TPSA) is 77.2 Å². The molecular weight excluding hydrogens is 253 g/mol. The Morgan fingerprint density at radius 1 is 1.58 bits per heavy atom. The van der Waals surface area contributed by atoms with Crippen molar-refractivity contribution in [2.75, 3.05) is 11.9 Å². The molecule has 2 rings (SSSR count). The number of pyridine rings is 1. The van der Waals surface area contributed by atoms with Crippen LogP contribution in [0.25, 0.3) is 0 Å². The number of hydrogen-bond acceptors (Lipinski definition) is 6. The zero-order chi connectivity index (χ0) is 13.7. The van der Waals surface area contributed by atoms with Gasteiger partial charge in [0.2, 0.25) is 0 Å². The Balaban J connectivity index is 2.17. The molecule has 0 aliphatic heterocycles. The molecule has 6 nitrogen and oxygen atoms in total. The van der Waals surface area contributed by atoms with Gasteiger partial charge in [-0.05, 0) is 6.92 Å². The highest BCUT2D eigenvalue weighted by molar-refractivity contribution is 5.93. The van der Waals surface area contributed by atoms with Crippen LogP contribution in [0.1, 0.15) is 23.1 Å². The lowest BCUT2D eigenvalue weighted by Crippen LogP contribution is -2.12. The van der Waals surface area contributed by atoms with Crippen LogP contribution in [0.15, 0.2) is 29.1 Å². The Bertz CT molecular complexity index is 557. The molecule has 0 aliphatic carbocycles. The molecular formula is C12H12FN3O3. The first kappa shape index (κ1) is 13.0. The lowest BCUT2D eigenvalue weighted by molar-refractivity contribution is 0.0520. The van der Waals surface area contributed by atoms with Crippen LogP contribution in [0.2, 0.25) is 0 Å². The van der Waals surface area contributed by atoms with Crippen molar-refractivity contribution in [2.45, 2.75) is 13.5 Å². The van der Waals surface area contributed by atoms with E-state index >= 15 is 0 Å². The van der Waals surface area contributed by atoms with E-state index in [9.17, 15) is 9.18 Å². The quantitative estimate of drug-likeness (QED) is 0.833. The van der Waals surface area contributed by atoms with Gasteiger partial charge >= 0.3 is 5.97 Å². The van der Waals surface area contributed by atoms with E-state index < -0.39 is 11.8 Å². The summed E-state index contributed by atoms with van der Waals surface area (Å²) in [6.45, 7) is 2.19. The molecule has 0 unspecified atom stereocenters. The summed E-state index contributed by atoms with van der Waals surface area (Å²) in [5, 5.41) is 6.57. The molecule has 0 atom stereocenters. The maximum Gasteiger partial charge on any atom is 0.359 e. The van der Waals surface area contributed by atoms with Crippen LogP contribution in [0.4, 0.5) is 10.1 Å². The molecule has 7 heteroatoms. The second kappa shape index (κ2) is 5.94. The molecule has 2 heterocycles. The number of nitrogens with zero attached hydrogens (tertiary/aromatic N) is 2. The van der Waals surface area contributed by atoms with Crippen LogP contribution in [0.3, 0.4) is 0 Å². The summed E-state index contributed by atoms with van der Waals surface area (Å²) in [7, 11) is 0. The van der Waals surface area contributed by atoms with E-state index in [1.165, 1.54) is 12.3 Å². The lowest BCUT2D eigenvalue weighted by atomic mass is 10.2. The zero-order valence-corrected chi connectivity index (χ0v) is 10.2. The van der Waals surface area contributed by atoms with Crippen LogP contribution in [-0.2, 0) is 11.3 Å². The fourth-order valence-corrected chi connectivity index (χ4v) is 1.45. The van der Waals surface area contributed by atoms with E-state index in [0.29, 0.717) is 5.69 Å². The third-order valence-electron chi connectivity index (χ3n) is 2.27. The summed E-state index contributed by atoms with van der Waals surface area (Å²) in [6.07, 6.45) is 2.39. The summed E-state index contributed by atoms with van der Waals surface area (Å²) in [5.74, 6) is -1.15. The fraction of sp³-hybridized carbons (Fsp3) is 0.250. The summed E-state index contributed by atoms with van der Waals surface area (Å²) >= 11 is 0. The van der Waals surface area contributed by atoms with E-state index in [1.807, 2.05) is 0 Å². The smallest absolute Gasteiger partial charge is 0.359 e. The highest BCUT2D eigenvalue weighted by Crippen LogP contribution is 2.16. The van der Waals surface area contributed by atoms with Crippen molar-refractivity contribution in [2.24, 2.45) is 0 Å². The Morgan fingerprint density at radius 2 is 2.42 bits per heavy atom. The third kappa shape index (κ3) is 3.27. The molecule has 0 bridgehead atoms. The second-order valence-electron chi connectivity index (χ2n) is 3.61. The maximum absolute atomic E-state index is 13.2. The first-order valence-electron chi connectivity index (χ1n) is 5.66. The van der Waals surface area contributed by atoms with E-state index in [0.717, 1.165) is 6.20 Å². The van der Waals surface area contributed by atoms with Crippen LogP contribution in [0, 0.1) is 5.82 Å². The summed E-state index contributed by atoms with van der Waals surface area (Å²) in [6, 6.07) is 2.84. The molecule has 2 aromatic rings. The maximum atomic E-state index is 13.2. The predicted molar refractivity (Wildman–Crippen MR) is 64.0 cm³/mol. The molecule has 0 aromatic carbocycles. The number of ether oxygens (including phenoxy) is 1. The number of hydrogen-bond donors (Lipinski definition) is 1. The van der Waals surface area contributed by atoms with Crippen molar-refractivity contribution >= 4 is 11.7 Å². The van der Waals surface area contributed by atoms with Gasteiger partial charge in [0.25, 0.3) is 0 Å². The Labute approximate surface area is 108 Å². The van der Waals surface area contributed by atoms with Crippen molar-refractivity contribution in [3.8, 4) is 0 Å². The van der Waals surface area contributed by atoms with Crippen LogP contribution in [0.5, 0.6) is 0 Å². The van der Waals surface area contributed by atoms with E-state index in [1.54, 1.807) is 13.0 Å². The molecule has 19 heavy (non-hydrogen) atoms. The van der Waals surface area contributed by atoms with Gasteiger partial charge in [0.15, 0.2) is 5.69 Å².